The van der Waals surface area contributed by atoms with Gasteiger partial charge >= 0.3 is 12.0 Å². The van der Waals surface area contributed by atoms with Gasteiger partial charge in [0.1, 0.15) is 0 Å². The van der Waals surface area contributed by atoms with Crippen LogP contribution in [0.3, 0.4) is 0 Å². The van der Waals surface area contributed by atoms with Crippen LogP contribution in [0.15, 0.2) is 53.5 Å². The number of ether oxygens (including phenoxy) is 1. The van der Waals surface area contributed by atoms with E-state index in [1.54, 1.807) is 49.4 Å². The number of hydrogen-bond donors (Lipinski definition) is 1. The molecule has 0 saturated carbocycles. The number of nitrogens with zero attached hydrogens (tertiary/aromatic N) is 2. The second-order valence-electron chi connectivity index (χ2n) is 6.05. The number of methoxy groups -OCH3 is 1. The van der Waals surface area contributed by atoms with Crippen LogP contribution >= 0.6 is 0 Å². The summed E-state index contributed by atoms with van der Waals surface area (Å²) in [6.07, 6.45) is 1.16. The molecule has 1 N–H and O–H groups in total. The zero-order valence-electron chi connectivity index (χ0n) is 15.2. The molecule has 0 aromatic heterocycles. The first-order valence-corrected chi connectivity index (χ1v) is 8.39. The molecule has 4 amide bonds. The van der Waals surface area contributed by atoms with Crippen molar-refractivity contribution in [3.63, 3.8) is 0 Å². The fourth-order valence-electron chi connectivity index (χ4n) is 2.76. The minimum absolute atomic E-state index is 0.285. The number of anilines is 1. The Morgan fingerprint density at radius 2 is 1.89 bits per heavy atom. The summed E-state index contributed by atoms with van der Waals surface area (Å²) in [6.45, 7) is 1.76. The Kier molecular flexibility index (Phi) is 5.30. The van der Waals surface area contributed by atoms with E-state index in [1.165, 1.54) is 13.2 Å². The predicted octanol–water partition coefficient (Wildman–Crippen LogP) is 2.38. The molecule has 1 aliphatic rings. The van der Waals surface area contributed by atoms with E-state index < -0.39 is 29.7 Å². The zero-order valence-corrected chi connectivity index (χ0v) is 15.2. The lowest BCUT2D eigenvalue weighted by atomic mass is 10.0. The summed E-state index contributed by atoms with van der Waals surface area (Å²) in [7, 11) is 1.26. The largest absolute Gasteiger partial charge is 0.465 e. The van der Waals surface area contributed by atoms with E-state index in [0.717, 1.165) is 11.1 Å². The Hall–Kier alpha value is -3.81. The van der Waals surface area contributed by atoms with Crippen molar-refractivity contribution >= 4 is 41.4 Å². The molecule has 0 unspecified atom stereocenters. The molecule has 28 heavy (non-hydrogen) atoms. The van der Waals surface area contributed by atoms with Crippen molar-refractivity contribution in [3.05, 3.63) is 59.7 Å². The van der Waals surface area contributed by atoms with Gasteiger partial charge in [-0.2, -0.15) is 0 Å². The molecule has 8 heteroatoms. The number of para-hydroxylation sites is 1. The van der Waals surface area contributed by atoms with Gasteiger partial charge in [-0.25, -0.2) is 14.5 Å². The molecule has 0 spiro atoms. The van der Waals surface area contributed by atoms with Crippen LogP contribution in [0.2, 0.25) is 0 Å². The van der Waals surface area contributed by atoms with Gasteiger partial charge in [0.15, 0.2) is 5.92 Å². The fraction of sp³-hybridized carbons (Fsp3) is 0.150. The van der Waals surface area contributed by atoms with Crippen LogP contribution in [0.25, 0.3) is 0 Å². The SMILES string of the molecule is COC(=O)c1cccc(N=C[C@H]2C(=O)NC(=O)N(c3ccccc3C)C2=O)c1. The third-order valence-corrected chi connectivity index (χ3v) is 4.20. The molecular weight excluding hydrogens is 362 g/mol. The van der Waals surface area contributed by atoms with Crippen LogP contribution in [0.1, 0.15) is 15.9 Å². The van der Waals surface area contributed by atoms with Gasteiger partial charge in [0, 0.05) is 6.21 Å². The molecule has 2 aromatic rings. The Balaban J connectivity index is 1.89. The second kappa shape index (κ2) is 7.83. The van der Waals surface area contributed by atoms with Crippen molar-refractivity contribution in [2.75, 3.05) is 12.0 Å². The highest BCUT2D eigenvalue weighted by Gasteiger charge is 2.40. The standard InChI is InChI=1S/C20H17N3O5/c1-12-6-3-4-9-16(12)23-18(25)15(17(24)22-20(23)27)11-21-14-8-5-7-13(10-14)19(26)28-2/h3-11,15H,1-2H3,(H,22,24,27)/t15-/m0/s1. The first kappa shape index (κ1) is 19.0. The highest BCUT2D eigenvalue weighted by Crippen LogP contribution is 2.24. The average Bonchev–Trinajstić information content (AvgIpc) is 2.68. The van der Waals surface area contributed by atoms with Crippen molar-refractivity contribution < 1.29 is 23.9 Å². The number of imide groups is 2. The van der Waals surface area contributed by atoms with Crippen LogP contribution in [0.4, 0.5) is 16.2 Å². The molecule has 1 aliphatic heterocycles. The maximum atomic E-state index is 12.8. The number of aliphatic imine (C=N–C) groups is 1. The van der Waals surface area contributed by atoms with E-state index in [1.807, 2.05) is 0 Å². The molecule has 0 radical (unpaired) electrons. The highest BCUT2D eigenvalue weighted by atomic mass is 16.5. The van der Waals surface area contributed by atoms with Crippen molar-refractivity contribution in [1.82, 2.24) is 5.32 Å². The summed E-state index contributed by atoms with van der Waals surface area (Å²) in [5.41, 5.74) is 1.75. The van der Waals surface area contributed by atoms with Gasteiger partial charge < -0.3 is 4.74 Å². The number of amides is 4. The Morgan fingerprint density at radius 1 is 1.14 bits per heavy atom. The molecule has 1 heterocycles. The van der Waals surface area contributed by atoms with Gasteiger partial charge in [0.2, 0.25) is 5.91 Å². The van der Waals surface area contributed by atoms with Crippen molar-refractivity contribution in [2.24, 2.45) is 10.9 Å². The molecule has 1 fully saturated rings. The molecule has 8 nitrogen and oxygen atoms in total. The Morgan fingerprint density at radius 3 is 2.61 bits per heavy atom. The smallest absolute Gasteiger partial charge is 0.337 e. The number of benzene rings is 2. The first-order valence-electron chi connectivity index (χ1n) is 8.39. The van der Waals surface area contributed by atoms with E-state index in [9.17, 15) is 19.2 Å². The lowest BCUT2D eigenvalue weighted by Crippen LogP contribution is -2.58. The van der Waals surface area contributed by atoms with Crippen molar-refractivity contribution in [1.29, 1.82) is 0 Å². The summed E-state index contributed by atoms with van der Waals surface area (Å²) < 4.78 is 4.65. The van der Waals surface area contributed by atoms with Crippen LogP contribution in [-0.2, 0) is 14.3 Å². The van der Waals surface area contributed by atoms with Crippen LogP contribution in [0, 0.1) is 12.8 Å². The number of aryl methyl sites for hydroxylation is 1. The minimum atomic E-state index is -1.28. The van der Waals surface area contributed by atoms with Gasteiger partial charge in [0.25, 0.3) is 5.91 Å². The molecule has 2 aromatic carbocycles. The van der Waals surface area contributed by atoms with E-state index in [0.29, 0.717) is 16.9 Å². The zero-order chi connectivity index (χ0) is 20.3. The minimum Gasteiger partial charge on any atom is -0.465 e. The maximum absolute atomic E-state index is 12.8. The van der Waals surface area contributed by atoms with Gasteiger partial charge in [-0.05, 0) is 36.8 Å². The summed E-state index contributed by atoms with van der Waals surface area (Å²) in [6, 6.07) is 12.3. The highest BCUT2D eigenvalue weighted by molar-refractivity contribution is 6.32. The number of nitrogens with one attached hydrogen (secondary N) is 1. The predicted molar refractivity (Wildman–Crippen MR) is 102 cm³/mol. The molecule has 0 aliphatic carbocycles. The van der Waals surface area contributed by atoms with Gasteiger partial charge in [0.05, 0.1) is 24.0 Å². The Labute approximate surface area is 160 Å². The van der Waals surface area contributed by atoms with Gasteiger partial charge in [-0.1, -0.05) is 24.3 Å². The monoisotopic (exact) mass is 379 g/mol. The molecule has 0 bridgehead atoms. The second-order valence-corrected chi connectivity index (χ2v) is 6.05. The molecular formula is C20H17N3O5. The van der Waals surface area contributed by atoms with Crippen molar-refractivity contribution in [2.45, 2.75) is 6.92 Å². The first-order chi connectivity index (χ1) is 13.4. The summed E-state index contributed by atoms with van der Waals surface area (Å²) in [4.78, 5) is 53.9. The third-order valence-electron chi connectivity index (χ3n) is 4.20. The van der Waals surface area contributed by atoms with Crippen molar-refractivity contribution in [3.8, 4) is 0 Å². The fourth-order valence-corrected chi connectivity index (χ4v) is 2.76. The number of hydrogen-bond acceptors (Lipinski definition) is 6. The lowest BCUT2D eigenvalue weighted by Gasteiger charge is -2.29. The van der Waals surface area contributed by atoms with E-state index in [2.05, 4.69) is 15.0 Å². The Bertz CT molecular complexity index is 999. The lowest BCUT2D eigenvalue weighted by molar-refractivity contribution is -0.131. The number of carbonyl (C=O) groups is 4. The third kappa shape index (κ3) is 3.66. The van der Waals surface area contributed by atoms with E-state index in [-0.39, 0.29) is 5.56 Å². The molecule has 1 saturated heterocycles. The number of rotatable bonds is 4. The van der Waals surface area contributed by atoms with Crippen LogP contribution in [-0.4, -0.2) is 37.1 Å². The average molecular weight is 379 g/mol. The van der Waals surface area contributed by atoms with Crippen LogP contribution in [0.5, 0.6) is 0 Å². The van der Waals surface area contributed by atoms with Gasteiger partial charge in [-0.15, -0.1) is 0 Å². The van der Waals surface area contributed by atoms with Gasteiger partial charge in [-0.3, -0.25) is 19.9 Å². The molecule has 142 valence electrons. The number of esters is 1. The molecule has 3 rings (SSSR count). The van der Waals surface area contributed by atoms with E-state index >= 15 is 0 Å². The topological polar surface area (TPSA) is 105 Å². The number of urea groups is 1. The molecule has 1 atom stereocenters. The maximum Gasteiger partial charge on any atom is 0.337 e. The summed E-state index contributed by atoms with van der Waals surface area (Å²) in [5.74, 6) is -3.26. The quantitative estimate of drug-likeness (QED) is 0.499. The summed E-state index contributed by atoms with van der Waals surface area (Å²) >= 11 is 0. The number of barbiturate groups is 1. The normalized spacial score (nSPS) is 17.0. The summed E-state index contributed by atoms with van der Waals surface area (Å²) in [5, 5.41) is 2.17. The number of carbonyl (C=O) groups excluding carboxylic acids is 4. The van der Waals surface area contributed by atoms with Crippen LogP contribution < -0.4 is 10.2 Å². The van der Waals surface area contributed by atoms with E-state index in [4.69, 9.17) is 0 Å².